The Morgan fingerprint density at radius 3 is 2.65 bits per heavy atom. The Hall–Kier alpha value is -3.23. The zero-order chi connectivity index (χ0) is 22.1. The van der Waals surface area contributed by atoms with Crippen LogP contribution >= 0.6 is 27.3 Å². The van der Waals surface area contributed by atoms with E-state index < -0.39 is 5.91 Å². The van der Waals surface area contributed by atoms with E-state index in [1.807, 2.05) is 48.7 Å². The molecular formula is C23H20BrN3O3S. The van der Waals surface area contributed by atoms with Gasteiger partial charge in [-0.2, -0.15) is 5.10 Å². The Kier molecular flexibility index (Phi) is 8.14. The summed E-state index contributed by atoms with van der Waals surface area (Å²) in [6.45, 7) is 2.40. The number of ether oxygens (including phenoxy) is 1. The third-order valence-electron chi connectivity index (χ3n) is 4.00. The molecule has 3 aromatic rings. The lowest BCUT2D eigenvalue weighted by molar-refractivity contribution is -0.117. The predicted octanol–water partition coefficient (Wildman–Crippen LogP) is 4.83. The van der Waals surface area contributed by atoms with Crippen molar-refractivity contribution < 1.29 is 14.3 Å². The standard InChI is InChI=1S/C23H20BrN3O3S/c1-2-30-21-11-10-18(24)13-17(21)15-25-27-23(29)20(14-19-9-6-12-31-19)26-22(28)16-7-4-3-5-8-16/h3-15H,2H2,1H3,(H,26,28)(H,27,29). The monoisotopic (exact) mass is 497 g/mol. The maximum Gasteiger partial charge on any atom is 0.287 e. The number of nitrogens with one attached hydrogen (secondary N) is 2. The number of carbonyl (C=O) groups excluding carboxylic acids is 2. The zero-order valence-electron chi connectivity index (χ0n) is 16.7. The smallest absolute Gasteiger partial charge is 0.287 e. The maximum atomic E-state index is 12.8. The summed E-state index contributed by atoms with van der Waals surface area (Å²) in [5.74, 6) is -0.273. The number of carbonyl (C=O) groups is 2. The van der Waals surface area contributed by atoms with E-state index in [1.165, 1.54) is 17.6 Å². The van der Waals surface area contributed by atoms with Crippen LogP contribution in [0.1, 0.15) is 27.7 Å². The summed E-state index contributed by atoms with van der Waals surface area (Å²) < 4.78 is 6.44. The molecule has 31 heavy (non-hydrogen) atoms. The molecule has 2 N–H and O–H groups in total. The van der Waals surface area contributed by atoms with Gasteiger partial charge in [0.25, 0.3) is 11.8 Å². The van der Waals surface area contributed by atoms with Crippen LogP contribution in [0.2, 0.25) is 0 Å². The topological polar surface area (TPSA) is 79.8 Å². The van der Waals surface area contributed by atoms with Gasteiger partial charge in [0.05, 0.1) is 12.8 Å². The van der Waals surface area contributed by atoms with E-state index in [-0.39, 0.29) is 11.6 Å². The fourth-order valence-corrected chi connectivity index (χ4v) is 3.62. The van der Waals surface area contributed by atoms with Gasteiger partial charge in [-0.25, -0.2) is 5.43 Å². The summed E-state index contributed by atoms with van der Waals surface area (Å²) in [5, 5.41) is 8.60. The molecule has 6 nitrogen and oxygen atoms in total. The minimum Gasteiger partial charge on any atom is -0.493 e. The molecule has 0 radical (unpaired) electrons. The van der Waals surface area contributed by atoms with E-state index in [4.69, 9.17) is 4.74 Å². The molecule has 0 aliphatic rings. The van der Waals surface area contributed by atoms with E-state index in [0.29, 0.717) is 23.5 Å². The van der Waals surface area contributed by atoms with E-state index in [0.717, 1.165) is 9.35 Å². The lowest BCUT2D eigenvalue weighted by Crippen LogP contribution is -2.32. The van der Waals surface area contributed by atoms with Gasteiger partial charge in [0.1, 0.15) is 11.4 Å². The third kappa shape index (κ3) is 6.63. The molecule has 0 aliphatic carbocycles. The Morgan fingerprint density at radius 1 is 1.13 bits per heavy atom. The van der Waals surface area contributed by atoms with E-state index in [9.17, 15) is 9.59 Å². The molecule has 2 aromatic carbocycles. The van der Waals surface area contributed by atoms with Crippen LogP contribution in [-0.4, -0.2) is 24.6 Å². The maximum absolute atomic E-state index is 12.8. The first-order valence-corrected chi connectivity index (χ1v) is 11.1. The van der Waals surface area contributed by atoms with Gasteiger partial charge in [0, 0.05) is 20.5 Å². The number of halogens is 1. The van der Waals surface area contributed by atoms with Crippen molar-refractivity contribution in [2.24, 2.45) is 5.10 Å². The van der Waals surface area contributed by atoms with Crippen molar-refractivity contribution in [2.75, 3.05) is 6.61 Å². The summed E-state index contributed by atoms with van der Waals surface area (Å²) in [6, 6.07) is 17.9. The van der Waals surface area contributed by atoms with Crippen LogP contribution in [0.4, 0.5) is 0 Å². The Bertz CT molecular complexity index is 1100. The molecule has 8 heteroatoms. The Morgan fingerprint density at radius 2 is 1.94 bits per heavy atom. The molecule has 0 atom stereocenters. The molecule has 1 heterocycles. The van der Waals surface area contributed by atoms with Crippen molar-refractivity contribution in [1.82, 2.24) is 10.7 Å². The fourth-order valence-electron chi connectivity index (χ4n) is 2.59. The highest BCUT2D eigenvalue weighted by molar-refractivity contribution is 9.10. The van der Waals surface area contributed by atoms with E-state index >= 15 is 0 Å². The van der Waals surface area contributed by atoms with Gasteiger partial charge in [-0.15, -0.1) is 11.3 Å². The van der Waals surface area contributed by atoms with Gasteiger partial charge in [0.15, 0.2) is 0 Å². The van der Waals surface area contributed by atoms with Crippen LogP contribution in [0, 0.1) is 0 Å². The average Bonchev–Trinajstić information content (AvgIpc) is 3.29. The highest BCUT2D eigenvalue weighted by Crippen LogP contribution is 2.21. The van der Waals surface area contributed by atoms with E-state index in [2.05, 4.69) is 31.8 Å². The highest BCUT2D eigenvalue weighted by Gasteiger charge is 2.14. The third-order valence-corrected chi connectivity index (χ3v) is 5.31. The van der Waals surface area contributed by atoms with E-state index in [1.54, 1.807) is 30.3 Å². The SMILES string of the molecule is CCOc1ccc(Br)cc1C=NNC(=O)C(=Cc1cccs1)NC(=O)c1ccccc1. The second kappa shape index (κ2) is 11.2. The molecule has 158 valence electrons. The van der Waals surface area contributed by atoms with Gasteiger partial charge >= 0.3 is 0 Å². The van der Waals surface area contributed by atoms with Crippen molar-refractivity contribution in [3.8, 4) is 5.75 Å². The van der Waals surface area contributed by atoms with Gasteiger partial charge in [-0.3, -0.25) is 9.59 Å². The van der Waals surface area contributed by atoms with Gasteiger partial charge in [-0.1, -0.05) is 40.2 Å². The molecule has 0 saturated heterocycles. The largest absolute Gasteiger partial charge is 0.493 e. The molecule has 0 saturated carbocycles. The van der Waals surface area contributed by atoms with Crippen molar-refractivity contribution in [2.45, 2.75) is 6.92 Å². The number of hydrogen-bond acceptors (Lipinski definition) is 5. The van der Waals surface area contributed by atoms with Gasteiger partial charge in [-0.05, 0) is 54.8 Å². The molecule has 0 fully saturated rings. The molecule has 3 rings (SSSR count). The van der Waals surface area contributed by atoms with Crippen molar-refractivity contribution >= 4 is 51.4 Å². The lowest BCUT2D eigenvalue weighted by atomic mass is 10.2. The number of hydrazone groups is 1. The summed E-state index contributed by atoms with van der Waals surface area (Å²) in [7, 11) is 0. The minimum atomic E-state index is -0.540. The van der Waals surface area contributed by atoms with Gasteiger partial charge < -0.3 is 10.1 Å². The minimum absolute atomic E-state index is 0.0905. The number of rotatable bonds is 8. The first-order chi connectivity index (χ1) is 15.1. The van der Waals surface area contributed by atoms with Crippen molar-refractivity contribution in [3.05, 3.63) is 92.2 Å². The lowest BCUT2D eigenvalue weighted by Gasteiger charge is -2.09. The number of amides is 2. The Balaban J connectivity index is 1.77. The highest BCUT2D eigenvalue weighted by atomic mass is 79.9. The molecule has 0 bridgehead atoms. The second-order valence-corrected chi connectivity index (χ2v) is 8.10. The fraction of sp³-hybridized carbons (Fsp3) is 0.0870. The molecule has 0 spiro atoms. The summed E-state index contributed by atoms with van der Waals surface area (Å²) >= 11 is 4.87. The number of hydrogen-bond donors (Lipinski definition) is 2. The quantitative estimate of drug-likeness (QED) is 0.265. The van der Waals surface area contributed by atoms with Crippen molar-refractivity contribution in [1.29, 1.82) is 0 Å². The summed E-state index contributed by atoms with van der Waals surface area (Å²) in [4.78, 5) is 26.1. The average molecular weight is 498 g/mol. The Labute approximate surface area is 192 Å². The van der Waals surface area contributed by atoms with Crippen LogP contribution in [0.25, 0.3) is 6.08 Å². The van der Waals surface area contributed by atoms with Crippen LogP contribution in [-0.2, 0) is 4.79 Å². The van der Waals surface area contributed by atoms with Gasteiger partial charge in [0.2, 0.25) is 0 Å². The second-order valence-electron chi connectivity index (χ2n) is 6.21. The molecule has 1 aromatic heterocycles. The number of nitrogens with zero attached hydrogens (tertiary/aromatic N) is 1. The first kappa shape index (κ1) is 22.5. The number of thiophene rings is 1. The molecule has 0 unspecified atom stereocenters. The molecular weight excluding hydrogens is 478 g/mol. The molecule has 0 aliphatic heterocycles. The van der Waals surface area contributed by atoms with Crippen LogP contribution in [0.5, 0.6) is 5.75 Å². The normalized spacial score (nSPS) is 11.4. The summed E-state index contributed by atoms with van der Waals surface area (Å²) in [5.41, 5.74) is 3.71. The predicted molar refractivity (Wildman–Crippen MR) is 127 cm³/mol. The van der Waals surface area contributed by atoms with Crippen LogP contribution < -0.4 is 15.5 Å². The first-order valence-electron chi connectivity index (χ1n) is 9.44. The summed E-state index contributed by atoms with van der Waals surface area (Å²) in [6.07, 6.45) is 3.11. The van der Waals surface area contributed by atoms with Crippen LogP contribution in [0.15, 0.2) is 81.3 Å². The number of benzene rings is 2. The van der Waals surface area contributed by atoms with Crippen molar-refractivity contribution in [3.63, 3.8) is 0 Å². The zero-order valence-corrected chi connectivity index (χ0v) is 19.1. The van der Waals surface area contributed by atoms with Crippen LogP contribution in [0.3, 0.4) is 0 Å². The molecule has 2 amide bonds.